The molecule has 8 heteroatoms. The van der Waals surface area contributed by atoms with Crippen LogP contribution in [0.15, 0.2) is 30.3 Å². The number of carbonyl (C=O) groups is 1. The predicted octanol–water partition coefficient (Wildman–Crippen LogP) is 2.20. The number of anilines is 2. The molecule has 0 N–H and O–H groups in total. The van der Waals surface area contributed by atoms with E-state index < -0.39 is 0 Å². The van der Waals surface area contributed by atoms with Gasteiger partial charge in [0.05, 0.1) is 5.56 Å². The van der Waals surface area contributed by atoms with Gasteiger partial charge in [-0.3, -0.25) is 4.79 Å². The number of hydrogen-bond donors (Lipinski definition) is 0. The zero-order valence-electron chi connectivity index (χ0n) is 17.1. The highest BCUT2D eigenvalue weighted by molar-refractivity contribution is 5.98. The molecule has 2 fully saturated rings. The number of amides is 1. The van der Waals surface area contributed by atoms with E-state index in [2.05, 4.69) is 26.1 Å². The van der Waals surface area contributed by atoms with E-state index in [0.29, 0.717) is 43.4 Å². The van der Waals surface area contributed by atoms with Crippen LogP contribution < -0.4 is 19.3 Å². The first-order valence-corrected chi connectivity index (χ1v) is 10.8. The van der Waals surface area contributed by atoms with E-state index in [4.69, 9.17) is 9.47 Å². The Labute approximate surface area is 176 Å². The number of benzene rings is 1. The Bertz CT molecular complexity index is 890. The minimum absolute atomic E-state index is 0.0106. The van der Waals surface area contributed by atoms with Gasteiger partial charge in [-0.05, 0) is 43.5 Å². The van der Waals surface area contributed by atoms with Crippen LogP contribution in [0, 0.1) is 0 Å². The number of aromatic nitrogens is 2. The third-order valence-corrected chi connectivity index (χ3v) is 6.00. The lowest BCUT2D eigenvalue weighted by atomic mass is 10.1. The first kappa shape index (κ1) is 19.0. The molecule has 4 heterocycles. The van der Waals surface area contributed by atoms with Gasteiger partial charge in [0.15, 0.2) is 23.1 Å². The van der Waals surface area contributed by atoms with Crippen LogP contribution in [0.4, 0.5) is 11.6 Å². The van der Waals surface area contributed by atoms with Crippen molar-refractivity contribution in [2.75, 3.05) is 62.3 Å². The number of hydrogen-bond acceptors (Lipinski definition) is 7. The first-order chi connectivity index (χ1) is 14.8. The molecular weight excluding hydrogens is 382 g/mol. The lowest BCUT2D eigenvalue weighted by Gasteiger charge is -2.36. The molecule has 1 aromatic heterocycles. The molecule has 0 spiro atoms. The Morgan fingerprint density at radius 1 is 0.767 bits per heavy atom. The summed E-state index contributed by atoms with van der Waals surface area (Å²) in [5, 5.41) is 8.91. The Morgan fingerprint density at radius 3 is 2.13 bits per heavy atom. The third-order valence-electron chi connectivity index (χ3n) is 6.00. The molecule has 0 saturated carbocycles. The largest absolute Gasteiger partial charge is 0.486 e. The summed E-state index contributed by atoms with van der Waals surface area (Å²) in [6.45, 7) is 5.85. The van der Waals surface area contributed by atoms with Crippen molar-refractivity contribution in [2.24, 2.45) is 0 Å². The number of ether oxygens (including phenoxy) is 2. The summed E-state index contributed by atoms with van der Waals surface area (Å²) in [6.07, 6.45) is 3.75. The van der Waals surface area contributed by atoms with Crippen LogP contribution in [0.25, 0.3) is 0 Å². The normalized spacial score (nSPS) is 19.0. The first-order valence-electron chi connectivity index (χ1n) is 10.8. The highest BCUT2D eigenvalue weighted by Crippen LogP contribution is 2.34. The van der Waals surface area contributed by atoms with Gasteiger partial charge in [0.25, 0.3) is 5.91 Å². The zero-order chi connectivity index (χ0) is 20.3. The molecule has 158 valence electrons. The minimum atomic E-state index is -0.0106. The molecule has 0 radical (unpaired) electrons. The average Bonchev–Trinajstić information content (AvgIpc) is 2.84. The maximum atomic E-state index is 13.1. The summed E-state index contributed by atoms with van der Waals surface area (Å²) in [5.74, 6) is 3.04. The molecular formula is C22H27N5O3. The van der Waals surface area contributed by atoms with Crippen molar-refractivity contribution in [1.82, 2.24) is 15.1 Å². The summed E-state index contributed by atoms with van der Waals surface area (Å²) in [6, 6.07) is 9.62. The number of carbonyl (C=O) groups excluding carboxylic acids is 1. The van der Waals surface area contributed by atoms with Crippen LogP contribution in [0.2, 0.25) is 0 Å². The van der Waals surface area contributed by atoms with Crippen LogP contribution in [0.5, 0.6) is 11.5 Å². The summed E-state index contributed by atoms with van der Waals surface area (Å²) in [7, 11) is 0. The predicted molar refractivity (Wildman–Crippen MR) is 114 cm³/mol. The number of para-hydroxylation sites is 1. The van der Waals surface area contributed by atoms with Crippen LogP contribution in [-0.4, -0.2) is 73.5 Å². The van der Waals surface area contributed by atoms with Gasteiger partial charge in [-0.25, -0.2) is 0 Å². The molecule has 8 nitrogen and oxygen atoms in total. The van der Waals surface area contributed by atoms with Crippen molar-refractivity contribution >= 4 is 17.5 Å². The van der Waals surface area contributed by atoms with E-state index in [0.717, 1.165) is 37.8 Å². The average molecular weight is 409 g/mol. The molecule has 0 atom stereocenters. The third kappa shape index (κ3) is 3.74. The Kier molecular flexibility index (Phi) is 5.29. The number of rotatable bonds is 3. The molecule has 0 aliphatic carbocycles. The standard InChI is InChI=1S/C22H27N5O3/c28-22(17-5-4-6-18-21(17)30-16-15-29-18)27-13-11-26(12-14-27)20-8-7-19(23-24-20)25-9-2-1-3-10-25/h4-8H,1-3,9-16H2. The number of nitrogens with zero attached hydrogens (tertiary/aromatic N) is 5. The molecule has 2 saturated heterocycles. The lowest BCUT2D eigenvalue weighted by Crippen LogP contribution is -2.49. The van der Waals surface area contributed by atoms with Crippen molar-refractivity contribution in [3.05, 3.63) is 35.9 Å². The second-order valence-electron chi connectivity index (χ2n) is 7.91. The number of piperidine rings is 1. The molecule has 0 unspecified atom stereocenters. The smallest absolute Gasteiger partial charge is 0.257 e. The van der Waals surface area contributed by atoms with E-state index in [-0.39, 0.29) is 5.91 Å². The topological polar surface area (TPSA) is 71.0 Å². The van der Waals surface area contributed by atoms with Gasteiger partial charge in [-0.15, -0.1) is 10.2 Å². The fourth-order valence-corrected chi connectivity index (χ4v) is 4.33. The van der Waals surface area contributed by atoms with E-state index in [1.165, 1.54) is 19.3 Å². The van der Waals surface area contributed by atoms with Crippen molar-refractivity contribution < 1.29 is 14.3 Å². The van der Waals surface area contributed by atoms with Gasteiger partial charge in [0.2, 0.25) is 0 Å². The minimum Gasteiger partial charge on any atom is -0.486 e. The fourth-order valence-electron chi connectivity index (χ4n) is 4.33. The zero-order valence-corrected chi connectivity index (χ0v) is 17.1. The Balaban J connectivity index is 1.22. The maximum Gasteiger partial charge on any atom is 0.257 e. The van der Waals surface area contributed by atoms with Crippen molar-refractivity contribution in [1.29, 1.82) is 0 Å². The van der Waals surface area contributed by atoms with Crippen molar-refractivity contribution in [3.8, 4) is 11.5 Å². The molecule has 3 aliphatic rings. The Morgan fingerprint density at radius 2 is 1.43 bits per heavy atom. The molecule has 1 aromatic carbocycles. The van der Waals surface area contributed by atoms with E-state index in [1.54, 1.807) is 0 Å². The SMILES string of the molecule is O=C(c1cccc2c1OCCO2)N1CCN(c2ccc(N3CCCCC3)nn2)CC1. The monoisotopic (exact) mass is 409 g/mol. The van der Waals surface area contributed by atoms with Gasteiger partial charge in [-0.1, -0.05) is 6.07 Å². The number of fused-ring (bicyclic) bond motifs is 1. The molecule has 2 aromatic rings. The second-order valence-corrected chi connectivity index (χ2v) is 7.91. The van der Waals surface area contributed by atoms with E-state index in [9.17, 15) is 4.79 Å². The molecule has 0 bridgehead atoms. The van der Waals surface area contributed by atoms with Crippen molar-refractivity contribution in [2.45, 2.75) is 19.3 Å². The summed E-state index contributed by atoms with van der Waals surface area (Å²) in [4.78, 5) is 19.4. The van der Waals surface area contributed by atoms with Crippen LogP contribution in [0.1, 0.15) is 29.6 Å². The van der Waals surface area contributed by atoms with E-state index in [1.807, 2.05) is 29.2 Å². The van der Waals surface area contributed by atoms with Crippen LogP contribution in [0.3, 0.4) is 0 Å². The van der Waals surface area contributed by atoms with Crippen molar-refractivity contribution in [3.63, 3.8) is 0 Å². The van der Waals surface area contributed by atoms with Gasteiger partial charge >= 0.3 is 0 Å². The maximum absolute atomic E-state index is 13.1. The van der Waals surface area contributed by atoms with Crippen LogP contribution >= 0.6 is 0 Å². The fraction of sp³-hybridized carbons (Fsp3) is 0.500. The van der Waals surface area contributed by atoms with E-state index >= 15 is 0 Å². The summed E-state index contributed by atoms with van der Waals surface area (Å²) >= 11 is 0. The Hall–Kier alpha value is -3.03. The summed E-state index contributed by atoms with van der Waals surface area (Å²) < 4.78 is 11.3. The second kappa shape index (κ2) is 8.38. The molecule has 5 rings (SSSR count). The molecule has 1 amide bonds. The summed E-state index contributed by atoms with van der Waals surface area (Å²) in [5.41, 5.74) is 0.575. The van der Waals surface area contributed by atoms with Gasteiger partial charge in [0.1, 0.15) is 13.2 Å². The highest BCUT2D eigenvalue weighted by atomic mass is 16.6. The van der Waals surface area contributed by atoms with Gasteiger partial charge in [-0.2, -0.15) is 0 Å². The lowest BCUT2D eigenvalue weighted by molar-refractivity contribution is 0.0736. The van der Waals surface area contributed by atoms with Gasteiger partial charge < -0.3 is 24.2 Å². The quantitative estimate of drug-likeness (QED) is 0.770. The molecule has 3 aliphatic heterocycles. The highest BCUT2D eigenvalue weighted by Gasteiger charge is 2.27. The molecule has 30 heavy (non-hydrogen) atoms. The van der Waals surface area contributed by atoms with Gasteiger partial charge in [0, 0.05) is 39.3 Å². The number of piperazine rings is 1. The van der Waals surface area contributed by atoms with Crippen LogP contribution in [-0.2, 0) is 0 Å².